The summed E-state index contributed by atoms with van der Waals surface area (Å²) in [7, 11) is -2.02. The molecule has 0 saturated heterocycles. The zero-order valence-corrected chi connectivity index (χ0v) is 11.9. The van der Waals surface area contributed by atoms with Crippen LogP contribution < -0.4 is 10.0 Å². The van der Waals surface area contributed by atoms with Gasteiger partial charge in [-0.25, -0.2) is 23.1 Å². The summed E-state index contributed by atoms with van der Waals surface area (Å²) in [6.07, 6.45) is 4.03. The smallest absolute Gasteiger partial charge is 0.244 e. The lowest BCUT2D eigenvalue weighted by Gasteiger charge is -2.07. The molecule has 0 radical (unpaired) electrons. The standard InChI is InChI=1S/C10H15N7O2S/c1-3-17-7-14-16-9(17)6-15-20(18,19)8-4-12-10(11-2)13-5-8/h4-5,7,15H,3,6H2,1-2H3,(H,11,12,13). The number of hydrogen-bond acceptors (Lipinski definition) is 7. The van der Waals surface area contributed by atoms with Crippen LogP contribution in [0.15, 0.2) is 23.6 Å². The van der Waals surface area contributed by atoms with E-state index in [1.807, 2.05) is 6.92 Å². The Labute approximate surface area is 116 Å². The normalized spacial score (nSPS) is 11.5. The Morgan fingerprint density at radius 2 is 2.00 bits per heavy atom. The van der Waals surface area contributed by atoms with Crippen molar-refractivity contribution in [1.82, 2.24) is 29.5 Å². The Kier molecular flexibility index (Phi) is 4.25. The van der Waals surface area contributed by atoms with E-state index in [0.29, 0.717) is 18.3 Å². The van der Waals surface area contributed by atoms with E-state index in [9.17, 15) is 8.42 Å². The van der Waals surface area contributed by atoms with Crippen molar-refractivity contribution in [3.63, 3.8) is 0 Å². The average Bonchev–Trinajstić information content (AvgIpc) is 2.93. The predicted molar refractivity (Wildman–Crippen MR) is 71.3 cm³/mol. The molecule has 2 N–H and O–H groups in total. The first-order chi connectivity index (χ1) is 9.56. The van der Waals surface area contributed by atoms with Crippen molar-refractivity contribution in [3.05, 3.63) is 24.5 Å². The predicted octanol–water partition coefficient (Wildman–Crippen LogP) is -0.392. The molecule has 108 valence electrons. The van der Waals surface area contributed by atoms with Gasteiger partial charge in [-0.1, -0.05) is 0 Å². The average molecular weight is 297 g/mol. The fourth-order valence-electron chi connectivity index (χ4n) is 1.51. The summed E-state index contributed by atoms with van der Waals surface area (Å²) < 4.78 is 28.3. The maximum Gasteiger partial charge on any atom is 0.244 e. The van der Waals surface area contributed by atoms with Gasteiger partial charge in [0.15, 0.2) is 0 Å². The Morgan fingerprint density at radius 3 is 2.60 bits per heavy atom. The minimum absolute atomic E-state index is 0.000867. The molecule has 9 nitrogen and oxygen atoms in total. The summed E-state index contributed by atoms with van der Waals surface area (Å²) in [6.45, 7) is 2.65. The number of sulfonamides is 1. The van der Waals surface area contributed by atoms with Crippen LogP contribution in [0, 0.1) is 0 Å². The van der Waals surface area contributed by atoms with Gasteiger partial charge in [0.25, 0.3) is 0 Å². The monoisotopic (exact) mass is 297 g/mol. The van der Waals surface area contributed by atoms with Crippen LogP contribution in [-0.4, -0.2) is 40.2 Å². The van der Waals surface area contributed by atoms with Gasteiger partial charge in [0, 0.05) is 13.6 Å². The quantitative estimate of drug-likeness (QED) is 0.746. The molecule has 2 rings (SSSR count). The third-order valence-electron chi connectivity index (χ3n) is 2.62. The summed E-state index contributed by atoms with van der Waals surface area (Å²) in [5.41, 5.74) is 0. The molecule has 0 atom stereocenters. The molecule has 0 aliphatic carbocycles. The van der Waals surface area contributed by atoms with Crippen LogP contribution in [0.5, 0.6) is 0 Å². The first kappa shape index (κ1) is 14.3. The highest BCUT2D eigenvalue weighted by Gasteiger charge is 2.16. The van der Waals surface area contributed by atoms with Crippen molar-refractivity contribution < 1.29 is 8.42 Å². The van der Waals surface area contributed by atoms with E-state index in [4.69, 9.17) is 0 Å². The van der Waals surface area contributed by atoms with Crippen molar-refractivity contribution in [2.45, 2.75) is 24.9 Å². The van der Waals surface area contributed by atoms with Crippen molar-refractivity contribution in [2.75, 3.05) is 12.4 Å². The molecule has 10 heteroatoms. The van der Waals surface area contributed by atoms with Crippen molar-refractivity contribution in [2.24, 2.45) is 0 Å². The zero-order valence-electron chi connectivity index (χ0n) is 11.1. The second kappa shape index (κ2) is 5.92. The maximum absolute atomic E-state index is 12.1. The Hall–Kier alpha value is -2.07. The molecule has 2 aromatic heterocycles. The lowest BCUT2D eigenvalue weighted by atomic mass is 10.6. The van der Waals surface area contributed by atoms with Crippen LogP contribution in [0.2, 0.25) is 0 Å². The SMILES string of the molecule is CCn1cnnc1CNS(=O)(=O)c1cnc(NC)nc1. The Morgan fingerprint density at radius 1 is 1.30 bits per heavy atom. The van der Waals surface area contributed by atoms with Crippen molar-refractivity contribution in [3.8, 4) is 0 Å². The van der Waals surface area contributed by atoms with Gasteiger partial charge < -0.3 is 9.88 Å². The van der Waals surface area contributed by atoms with E-state index >= 15 is 0 Å². The lowest BCUT2D eigenvalue weighted by Crippen LogP contribution is -2.25. The summed E-state index contributed by atoms with van der Waals surface area (Å²) >= 11 is 0. The number of aryl methyl sites for hydroxylation is 1. The summed E-state index contributed by atoms with van der Waals surface area (Å²) in [4.78, 5) is 7.73. The summed E-state index contributed by atoms with van der Waals surface area (Å²) in [5.74, 6) is 0.901. The number of nitrogens with zero attached hydrogens (tertiary/aromatic N) is 5. The minimum atomic E-state index is -3.67. The second-order valence-corrected chi connectivity index (χ2v) is 5.62. The molecular weight excluding hydrogens is 282 g/mol. The highest BCUT2D eigenvalue weighted by Crippen LogP contribution is 2.07. The van der Waals surface area contributed by atoms with E-state index in [0.717, 1.165) is 0 Å². The highest BCUT2D eigenvalue weighted by atomic mass is 32.2. The van der Waals surface area contributed by atoms with Gasteiger partial charge in [-0.2, -0.15) is 0 Å². The molecule has 0 saturated carbocycles. The third kappa shape index (κ3) is 3.08. The zero-order chi connectivity index (χ0) is 14.6. The first-order valence-corrected chi connectivity index (χ1v) is 7.41. The summed E-state index contributed by atoms with van der Waals surface area (Å²) in [6, 6.07) is 0. The van der Waals surface area contributed by atoms with Crippen molar-refractivity contribution in [1.29, 1.82) is 0 Å². The van der Waals surface area contributed by atoms with E-state index in [2.05, 4.69) is 30.2 Å². The van der Waals surface area contributed by atoms with Gasteiger partial charge >= 0.3 is 0 Å². The van der Waals surface area contributed by atoms with Gasteiger partial charge in [-0.05, 0) is 6.92 Å². The van der Waals surface area contributed by atoms with Crippen LogP contribution in [0.25, 0.3) is 0 Å². The van der Waals surface area contributed by atoms with Crippen LogP contribution in [-0.2, 0) is 23.1 Å². The number of nitrogens with one attached hydrogen (secondary N) is 2. The molecule has 0 spiro atoms. The maximum atomic E-state index is 12.1. The van der Waals surface area contributed by atoms with E-state index in [1.54, 1.807) is 17.9 Å². The van der Waals surface area contributed by atoms with Crippen LogP contribution in [0.1, 0.15) is 12.7 Å². The molecule has 0 aliphatic rings. The Bertz CT molecular complexity index is 665. The number of aromatic nitrogens is 5. The van der Waals surface area contributed by atoms with Crippen LogP contribution in [0.4, 0.5) is 5.95 Å². The van der Waals surface area contributed by atoms with Gasteiger partial charge in [0.1, 0.15) is 17.0 Å². The Balaban J connectivity index is 2.10. The van der Waals surface area contributed by atoms with Gasteiger partial charge in [-0.3, -0.25) is 0 Å². The molecule has 2 heterocycles. The number of hydrogen-bond donors (Lipinski definition) is 2. The molecule has 0 amide bonds. The van der Waals surface area contributed by atoms with Crippen LogP contribution >= 0.6 is 0 Å². The first-order valence-electron chi connectivity index (χ1n) is 5.93. The molecule has 0 aromatic carbocycles. The number of rotatable bonds is 6. The fourth-order valence-corrected chi connectivity index (χ4v) is 2.38. The molecule has 0 fully saturated rings. The summed E-state index contributed by atoms with van der Waals surface area (Å²) in [5, 5.41) is 10.3. The third-order valence-corrected chi connectivity index (χ3v) is 3.97. The van der Waals surface area contributed by atoms with Gasteiger partial charge in [-0.15, -0.1) is 10.2 Å². The molecule has 20 heavy (non-hydrogen) atoms. The fraction of sp³-hybridized carbons (Fsp3) is 0.400. The molecular formula is C10H15N7O2S. The van der Waals surface area contributed by atoms with E-state index in [1.165, 1.54) is 12.4 Å². The molecule has 0 bridgehead atoms. The number of anilines is 1. The highest BCUT2D eigenvalue weighted by molar-refractivity contribution is 7.89. The van der Waals surface area contributed by atoms with E-state index < -0.39 is 10.0 Å². The molecule has 0 unspecified atom stereocenters. The van der Waals surface area contributed by atoms with Gasteiger partial charge in [0.05, 0.1) is 18.9 Å². The second-order valence-electron chi connectivity index (χ2n) is 3.85. The van der Waals surface area contributed by atoms with Crippen LogP contribution in [0.3, 0.4) is 0 Å². The minimum Gasteiger partial charge on any atom is -0.357 e. The van der Waals surface area contributed by atoms with Gasteiger partial charge in [0.2, 0.25) is 16.0 Å². The topological polar surface area (TPSA) is 115 Å². The molecule has 2 aromatic rings. The largest absolute Gasteiger partial charge is 0.357 e. The molecule has 0 aliphatic heterocycles. The van der Waals surface area contributed by atoms with E-state index in [-0.39, 0.29) is 11.4 Å². The lowest BCUT2D eigenvalue weighted by molar-refractivity contribution is 0.574. The van der Waals surface area contributed by atoms with Crippen molar-refractivity contribution >= 4 is 16.0 Å².